The third-order valence-electron chi connectivity index (χ3n) is 3.40. The maximum atomic E-state index is 10.8. The second-order valence-electron chi connectivity index (χ2n) is 5.13. The van der Waals surface area contributed by atoms with E-state index in [9.17, 15) is 4.79 Å². The van der Waals surface area contributed by atoms with E-state index in [2.05, 4.69) is 15.5 Å². The van der Waals surface area contributed by atoms with E-state index in [-0.39, 0.29) is 5.56 Å². The summed E-state index contributed by atoms with van der Waals surface area (Å²) in [5, 5.41) is 14.1. The summed E-state index contributed by atoms with van der Waals surface area (Å²) in [6, 6.07) is 16.3. The van der Waals surface area contributed by atoms with Gasteiger partial charge >= 0.3 is 5.97 Å². The topological polar surface area (TPSA) is 74.6 Å². The molecule has 0 saturated carbocycles. The monoisotopic (exact) mass is 305 g/mol. The molecule has 0 bridgehead atoms. The first-order chi connectivity index (χ1) is 11.1. The van der Waals surface area contributed by atoms with Crippen LogP contribution < -0.4 is 5.43 Å². The Morgan fingerprint density at radius 2 is 1.91 bits per heavy atom. The highest BCUT2D eigenvalue weighted by atomic mass is 16.4. The molecule has 3 rings (SSSR count). The van der Waals surface area contributed by atoms with Crippen molar-refractivity contribution in [1.29, 1.82) is 0 Å². The van der Waals surface area contributed by atoms with Crippen molar-refractivity contribution >= 4 is 28.8 Å². The van der Waals surface area contributed by atoms with Gasteiger partial charge in [-0.1, -0.05) is 30.3 Å². The van der Waals surface area contributed by atoms with Crippen LogP contribution in [0.25, 0.3) is 10.9 Å². The van der Waals surface area contributed by atoms with Gasteiger partial charge in [0, 0.05) is 11.1 Å². The average molecular weight is 305 g/mol. The molecule has 0 aliphatic heterocycles. The van der Waals surface area contributed by atoms with Gasteiger partial charge in [-0.05, 0) is 36.8 Å². The van der Waals surface area contributed by atoms with Crippen molar-refractivity contribution in [2.24, 2.45) is 5.10 Å². The largest absolute Gasteiger partial charge is 0.478 e. The molecule has 1 aromatic heterocycles. The number of carbonyl (C=O) groups is 1. The molecule has 5 heteroatoms. The van der Waals surface area contributed by atoms with Gasteiger partial charge in [-0.25, -0.2) is 4.79 Å². The van der Waals surface area contributed by atoms with Crippen LogP contribution in [0.5, 0.6) is 0 Å². The van der Waals surface area contributed by atoms with Crippen LogP contribution in [0.2, 0.25) is 0 Å². The number of carboxylic acids is 1. The Morgan fingerprint density at radius 3 is 2.65 bits per heavy atom. The minimum atomic E-state index is -0.939. The molecular formula is C18H15N3O2. The van der Waals surface area contributed by atoms with Gasteiger partial charge in [0.05, 0.1) is 23.0 Å². The number of para-hydroxylation sites is 1. The molecule has 2 aromatic carbocycles. The summed E-state index contributed by atoms with van der Waals surface area (Å²) in [4.78, 5) is 15.3. The highest BCUT2D eigenvalue weighted by molar-refractivity contribution is 5.92. The molecule has 0 amide bonds. The van der Waals surface area contributed by atoms with E-state index >= 15 is 0 Å². The van der Waals surface area contributed by atoms with Gasteiger partial charge in [0.2, 0.25) is 0 Å². The number of nitrogens with one attached hydrogen (secondary N) is 1. The fraction of sp³-hybridized carbons (Fsp3) is 0.0556. The average Bonchev–Trinajstić information content (AvgIpc) is 2.55. The first kappa shape index (κ1) is 14.7. The normalized spacial score (nSPS) is 11.0. The van der Waals surface area contributed by atoms with Crippen molar-refractivity contribution in [2.45, 2.75) is 6.92 Å². The molecular weight excluding hydrogens is 290 g/mol. The Morgan fingerprint density at radius 1 is 1.17 bits per heavy atom. The molecule has 5 nitrogen and oxygen atoms in total. The number of carboxylic acid groups (broad SMARTS) is 1. The third-order valence-corrected chi connectivity index (χ3v) is 3.40. The molecule has 0 radical (unpaired) electrons. The quantitative estimate of drug-likeness (QED) is 0.569. The van der Waals surface area contributed by atoms with Crippen molar-refractivity contribution in [3.63, 3.8) is 0 Å². The summed E-state index contributed by atoms with van der Waals surface area (Å²) in [6.45, 7) is 1.94. The second kappa shape index (κ2) is 6.27. The van der Waals surface area contributed by atoms with Gasteiger partial charge in [-0.2, -0.15) is 5.10 Å². The predicted molar refractivity (Wildman–Crippen MR) is 91.1 cm³/mol. The van der Waals surface area contributed by atoms with E-state index in [1.807, 2.05) is 37.3 Å². The van der Waals surface area contributed by atoms with E-state index in [0.717, 1.165) is 27.8 Å². The lowest BCUT2D eigenvalue weighted by molar-refractivity contribution is 0.0697. The molecule has 0 atom stereocenters. The number of rotatable bonds is 4. The van der Waals surface area contributed by atoms with Crippen molar-refractivity contribution in [2.75, 3.05) is 5.43 Å². The summed E-state index contributed by atoms with van der Waals surface area (Å²) in [7, 11) is 0. The number of hydrogen-bond acceptors (Lipinski definition) is 4. The number of pyridine rings is 1. The molecule has 23 heavy (non-hydrogen) atoms. The van der Waals surface area contributed by atoms with Crippen LogP contribution in [-0.2, 0) is 0 Å². The number of benzene rings is 2. The summed E-state index contributed by atoms with van der Waals surface area (Å²) < 4.78 is 0. The Bertz CT molecular complexity index is 886. The van der Waals surface area contributed by atoms with Crippen molar-refractivity contribution in [3.8, 4) is 0 Å². The van der Waals surface area contributed by atoms with Crippen molar-refractivity contribution in [1.82, 2.24) is 4.98 Å². The van der Waals surface area contributed by atoms with Crippen LogP contribution in [0.1, 0.15) is 21.6 Å². The third kappa shape index (κ3) is 3.35. The maximum Gasteiger partial charge on any atom is 0.335 e. The summed E-state index contributed by atoms with van der Waals surface area (Å²) in [5.74, 6) is -0.939. The van der Waals surface area contributed by atoms with Crippen LogP contribution in [0.3, 0.4) is 0 Å². The standard InChI is InChI=1S/C18H15N3O2/c1-12-10-17(15-4-2-3-5-16(15)20-12)21-19-11-13-6-8-14(9-7-13)18(22)23/h2-11H,1H3,(H,20,21)(H,22,23). The Labute approximate surface area is 133 Å². The molecule has 0 aliphatic carbocycles. The molecule has 0 fully saturated rings. The summed E-state index contributed by atoms with van der Waals surface area (Å²) in [6.07, 6.45) is 1.65. The van der Waals surface area contributed by atoms with E-state index in [0.29, 0.717) is 0 Å². The Balaban J connectivity index is 1.81. The van der Waals surface area contributed by atoms with E-state index in [1.165, 1.54) is 0 Å². The van der Waals surface area contributed by atoms with E-state index < -0.39 is 5.97 Å². The fourth-order valence-corrected chi connectivity index (χ4v) is 2.29. The molecule has 0 spiro atoms. The number of hydrogen-bond donors (Lipinski definition) is 2. The lowest BCUT2D eigenvalue weighted by Gasteiger charge is -2.06. The number of hydrazone groups is 1. The fourth-order valence-electron chi connectivity index (χ4n) is 2.29. The summed E-state index contributed by atoms with van der Waals surface area (Å²) in [5.41, 5.74) is 6.80. The van der Waals surface area contributed by atoms with Crippen molar-refractivity contribution in [3.05, 3.63) is 71.4 Å². The Hall–Kier alpha value is -3.21. The lowest BCUT2D eigenvalue weighted by Crippen LogP contribution is -1.97. The minimum Gasteiger partial charge on any atom is -0.478 e. The maximum absolute atomic E-state index is 10.8. The zero-order valence-electron chi connectivity index (χ0n) is 12.5. The van der Waals surface area contributed by atoms with Crippen LogP contribution in [0.4, 0.5) is 5.69 Å². The summed E-state index contributed by atoms with van der Waals surface area (Å²) >= 11 is 0. The molecule has 3 aromatic rings. The van der Waals surface area contributed by atoms with E-state index in [4.69, 9.17) is 5.11 Å². The van der Waals surface area contributed by atoms with Crippen molar-refractivity contribution < 1.29 is 9.90 Å². The predicted octanol–water partition coefficient (Wildman–Crippen LogP) is 3.69. The number of aromatic carboxylic acids is 1. The van der Waals surface area contributed by atoms with Gasteiger partial charge in [0.15, 0.2) is 0 Å². The number of aryl methyl sites for hydroxylation is 1. The molecule has 114 valence electrons. The van der Waals surface area contributed by atoms with Crippen LogP contribution in [-0.4, -0.2) is 22.3 Å². The zero-order chi connectivity index (χ0) is 16.2. The number of nitrogens with zero attached hydrogens (tertiary/aromatic N) is 2. The molecule has 2 N–H and O–H groups in total. The van der Waals surface area contributed by atoms with Crippen LogP contribution in [0, 0.1) is 6.92 Å². The van der Waals surface area contributed by atoms with E-state index in [1.54, 1.807) is 30.5 Å². The SMILES string of the molecule is Cc1cc(NN=Cc2ccc(C(=O)O)cc2)c2ccccc2n1. The highest BCUT2D eigenvalue weighted by Crippen LogP contribution is 2.22. The van der Waals surface area contributed by atoms with Gasteiger partial charge in [0.25, 0.3) is 0 Å². The minimum absolute atomic E-state index is 0.255. The highest BCUT2D eigenvalue weighted by Gasteiger charge is 2.03. The van der Waals surface area contributed by atoms with Gasteiger partial charge in [0.1, 0.15) is 0 Å². The molecule has 0 unspecified atom stereocenters. The smallest absolute Gasteiger partial charge is 0.335 e. The van der Waals surface area contributed by atoms with Gasteiger partial charge in [-0.3, -0.25) is 10.4 Å². The number of fused-ring (bicyclic) bond motifs is 1. The Kier molecular flexibility index (Phi) is 4.01. The number of anilines is 1. The van der Waals surface area contributed by atoms with Crippen LogP contribution >= 0.6 is 0 Å². The van der Waals surface area contributed by atoms with Gasteiger partial charge in [-0.15, -0.1) is 0 Å². The van der Waals surface area contributed by atoms with Crippen LogP contribution in [0.15, 0.2) is 59.7 Å². The first-order valence-electron chi connectivity index (χ1n) is 7.12. The second-order valence-corrected chi connectivity index (χ2v) is 5.13. The number of aromatic nitrogens is 1. The first-order valence-corrected chi connectivity index (χ1v) is 7.12. The molecule has 0 saturated heterocycles. The zero-order valence-corrected chi connectivity index (χ0v) is 12.5. The van der Waals surface area contributed by atoms with Gasteiger partial charge < -0.3 is 5.11 Å². The lowest BCUT2D eigenvalue weighted by atomic mass is 10.1. The molecule has 0 aliphatic rings. The molecule has 1 heterocycles.